The Bertz CT molecular complexity index is 726. The number of hydrogen-bond acceptors (Lipinski definition) is 4. The SMILES string of the molecule is CCOc1ccc(N(CCNC(=O)c2ccc(OC)cc2)C(C)=O)cc1. The molecule has 0 unspecified atom stereocenters. The molecule has 138 valence electrons. The number of nitrogens with zero attached hydrogens (tertiary/aromatic N) is 1. The summed E-state index contributed by atoms with van der Waals surface area (Å²) in [5, 5.41) is 2.82. The molecule has 0 bridgehead atoms. The normalized spacial score (nSPS) is 10.1. The van der Waals surface area contributed by atoms with Crippen molar-refractivity contribution in [1.29, 1.82) is 0 Å². The zero-order valence-electron chi connectivity index (χ0n) is 15.3. The van der Waals surface area contributed by atoms with Gasteiger partial charge in [-0.15, -0.1) is 0 Å². The molecule has 0 fully saturated rings. The minimum Gasteiger partial charge on any atom is -0.497 e. The number of carbonyl (C=O) groups is 2. The van der Waals surface area contributed by atoms with Crippen LogP contribution in [0.15, 0.2) is 48.5 Å². The van der Waals surface area contributed by atoms with Crippen LogP contribution in [0.1, 0.15) is 24.2 Å². The van der Waals surface area contributed by atoms with Crippen LogP contribution in [0.3, 0.4) is 0 Å². The molecule has 26 heavy (non-hydrogen) atoms. The second kappa shape index (κ2) is 9.46. The number of nitrogens with one attached hydrogen (secondary N) is 1. The highest BCUT2D eigenvalue weighted by molar-refractivity contribution is 5.94. The lowest BCUT2D eigenvalue weighted by Gasteiger charge is -2.21. The number of rotatable bonds is 8. The predicted molar refractivity (Wildman–Crippen MR) is 101 cm³/mol. The Morgan fingerprint density at radius 1 is 1.00 bits per heavy atom. The van der Waals surface area contributed by atoms with Crippen molar-refractivity contribution in [2.24, 2.45) is 0 Å². The average Bonchev–Trinajstić information content (AvgIpc) is 2.66. The van der Waals surface area contributed by atoms with Crippen LogP contribution < -0.4 is 19.7 Å². The highest BCUT2D eigenvalue weighted by Gasteiger charge is 2.12. The number of anilines is 1. The molecule has 6 nitrogen and oxygen atoms in total. The van der Waals surface area contributed by atoms with Crippen LogP contribution in [-0.2, 0) is 4.79 Å². The third kappa shape index (κ3) is 5.24. The fraction of sp³-hybridized carbons (Fsp3) is 0.300. The van der Waals surface area contributed by atoms with E-state index in [1.807, 2.05) is 31.2 Å². The maximum absolute atomic E-state index is 12.2. The van der Waals surface area contributed by atoms with E-state index in [-0.39, 0.29) is 11.8 Å². The van der Waals surface area contributed by atoms with E-state index < -0.39 is 0 Å². The van der Waals surface area contributed by atoms with Crippen molar-refractivity contribution in [3.05, 3.63) is 54.1 Å². The first-order valence-electron chi connectivity index (χ1n) is 8.48. The Kier molecular flexibility index (Phi) is 7.02. The summed E-state index contributed by atoms with van der Waals surface area (Å²) in [6, 6.07) is 14.2. The molecule has 2 rings (SSSR count). The molecule has 0 aliphatic rings. The van der Waals surface area contributed by atoms with Gasteiger partial charge in [0.15, 0.2) is 0 Å². The Morgan fingerprint density at radius 3 is 2.15 bits per heavy atom. The molecule has 0 aliphatic carbocycles. The van der Waals surface area contributed by atoms with E-state index in [1.165, 1.54) is 6.92 Å². The Balaban J connectivity index is 1.93. The largest absolute Gasteiger partial charge is 0.497 e. The van der Waals surface area contributed by atoms with Gasteiger partial charge in [0.05, 0.1) is 13.7 Å². The molecule has 0 radical (unpaired) electrons. The van der Waals surface area contributed by atoms with Gasteiger partial charge in [-0.1, -0.05) is 0 Å². The monoisotopic (exact) mass is 356 g/mol. The molecule has 6 heteroatoms. The van der Waals surface area contributed by atoms with Gasteiger partial charge < -0.3 is 19.7 Å². The van der Waals surface area contributed by atoms with E-state index in [0.717, 1.165) is 11.4 Å². The van der Waals surface area contributed by atoms with E-state index in [0.29, 0.717) is 31.0 Å². The molecule has 0 saturated heterocycles. The second-order valence-corrected chi connectivity index (χ2v) is 5.58. The fourth-order valence-corrected chi connectivity index (χ4v) is 2.48. The van der Waals surface area contributed by atoms with Crippen LogP contribution in [0, 0.1) is 0 Å². The van der Waals surface area contributed by atoms with Crippen molar-refractivity contribution in [3.63, 3.8) is 0 Å². The first kappa shape index (κ1) is 19.3. The lowest BCUT2D eigenvalue weighted by atomic mass is 10.2. The number of hydrogen-bond donors (Lipinski definition) is 1. The molecule has 0 atom stereocenters. The molecule has 2 aromatic carbocycles. The van der Waals surface area contributed by atoms with Gasteiger partial charge in [-0.2, -0.15) is 0 Å². The molecular formula is C20H24N2O4. The van der Waals surface area contributed by atoms with Crippen molar-refractivity contribution in [2.45, 2.75) is 13.8 Å². The third-order valence-corrected chi connectivity index (χ3v) is 3.81. The van der Waals surface area contributed by atoms with Crippen molar-refractivity contribution in [2.75, 3.05) is 31.7 Å². The number of carbonyl (C=O) groups excluding carboxylic acids is 2. The standard InChI is InChI=1S/C20H24N2O4/c1-4-26-19-11-7-17(8-12-19)22(15(2)23)14-13-21-20(24)16-5-9-18(25-3)10-6-16/h5-12H,4,13-14H2,1-3H3,(H,21,24). The van der Waals surface area contributed by atoms with Crippen LogP contribution in [0.2, 0.25) is 0 Å². The minimum absolute atomic E-state index is 0.0899. The fourth-order valence-electron chi connectivity index (χ4n) is 2.48. The van der Waals surface area contributed by atoms with Crippen LogP contribution in [0.5, 0.6) is 11.5 Å². The van der Waals surface area contributed by atoms with Crippen molar-refractivity contribution >= 4 is 17.5 Å². The Hall–Kier alpha value is -3.02. The lowest BCUT2D eigenvalue weighted by molar-refractivity contribution is -0.116. The first-order valence-corrected chi connectivity index (χ1v) is 8.48. The second-order valence-electron chi connectivity index (χ2n) is 5.58. The van der Waals surface area contributed by atoms with E-state index in [4.69, 9.17) is 9.47 Å². The topological polar surface area (TPSA) is 67.9 Å². The number of ether oxygens (including phenoxy) is 2. The molecule has 0 aliphatic heterocycles. The maximum Gasteiger partial charge on any atom is 0.251 e. The van der Waals surface area contributed by atoms with Gasteiger partial charge in [-0.3, -0.25) is 9.59 Å². The number of benzene rings is 2. The highest BCUT2D eigenvalue weighted by atomic mass is 16.5. The molecule has 0 aromatic heterocycles. The van der Waals surface area contributed by atoms with Crippen LogP contribution in [0.25, 0.3) is 0 Å². The van der Waals surface area contributed by atoms with E-state index >= 15 is 0 Å². The summed E-state index contributed by atoms with van der Waals surface area (Å²) in [4.78, 5) is 25.7. The summed E-state index contributed by atoms with van der Waals surface area (Å²) in [6.45, 7) is 4.74. The molecule has 1 N–H and O–H groups in total. The smallest absolute Gasteiger partial charge is 0.251 e. The molecule has 2 amide bonds. The van der Waals surface area contributed by atoms with Gasteiger partial charge >= 0.3 is 0 Å². The van der Waals surface area contributed by atoms with Gasteiger partial charge in [0, 0.05) is 31.3 Å². The van der Waals surface area contributed by atoms with Crippen LogP contribution >= 0.6 is 0 Å². The van der Waals surface area contributed by atoms with Gasteiger partial charge in [0.25, 0.3) is 5.91 Å². The van der Waals surface area contributed by atoms with Gasteiger partial charge in [0.2, 0.25) is 5.91 Å². The molecular weight excluding hydrogens is 332 g/mol. The van der Waals surface area contributed by atoms with Crippen molar-refractivity contribution in [3.8, 4) is 11.5 Å². The quantitative estimate of drug-likeness (QED) is 0.790. The predicted octanol–water partition coefficient (Wildman–Crippen LogP) is 2.88. The molecule has 0 heterocycles. The molecule has 0 saturated carbocycles. The van der Waals surface area contributed by atoms with Gasteiger partial charge in [-0.05, 0) is 55.5 Å². The van der Waals surface area contributed by atoms with E-state index in [1.54, 1.807) is 36.3 Å². The summed E-state index contributed by atoms with van der Waals surface area (Å²) in [7, 11) is 1.58. The summed E-state index contributed by atoms with van der Waals surface area (Å²) in [5.41, 5.74) is 1.31. The van der Waals surface area contributed by atoms with Crippen LogP contribution in [-0.4, -0.2) is 38.6 Å². The Morgan fingerprint density at radius 2 is 1.62 bits per heavy atom. The zero-order valence-corrected chi connectivity index (χ0v) is 15.3. The van der Waals surface area contributed by atoms with E-state index in [9.17, 15) is 9.59 Å². The summed E-state index contributed by atoms with van der Waals surface area (Å²) in [5.74, 6) is 1.17. The van der Waals surface area contributed by atoms with E-state index in [2.05, 4.69) is 5.32 Å². The van der Waals surface area contributed by atoms with Gasteiger partial charge in [-0.25, -0.2) is 0 Å². The third-order valence-electron chi connectivity index (χ3n) is 3.81. The molecule has 0 spiro atoms. The summed E-state index contributed by atoms with van der Waals surface area (Å²) >= 11 is 0. The summed E-state index contributed by atoms with van der Waals surface area (Å²) in [6.07, 6.45) is 0. The lowest BCUT2D eigenvalue weighted by Crippen LogP contribution is -2.37. The maximum atomic E-state index is 12.2. The van der Waals surface area contributed by atoms with Crippen LogP contribution in [0.4, 0.5) is 5.69 Å². The van der Waals surface area contributed by atoms with Gasteiger partial charge in [0.1, 0.15) is 11.5 Å². The average molecular weight is 356 g/mol. The van der Waals surface area contributed by atoms with Crippen molar-refractivity contribution < 1.29 is 19.1 Å². The molecule has 2 aromatic rings. The first-order chi connectivity index (χ1) is 12.5. The minimum atomic E-state index is -0.192. The van der Waals surface area contributed by atoms with Crippen molar-refractivity contribution in [1.82, 2.24) is 5.32 Å². The number of methoxy groups -OCH3 is 1. The Labute approximate surface area is 153 Å². The summed E-state index contributed by atoms with van der Waals surface area (Å²) < 4.78 is 10.5. The zero-order chi connectivity index (χ0) is 18.9. The highest BCUT2D eigenvalue weighted by Crippen LogP contribution is 2.19. The number of amides is 2.